The third-order valence-electron chi connectivity index (χ3n) is 3.67. The van der Waals surface area contributed by atoms with Crippen molar-refractivity contribution in [2.24, 2.45) is 5.73 Å². The van der Waals surface area contributed by atoms with E-state index >= 15 is 0 Å². The lowest BCUT2D eigenvalue weighted by molar-refractivity contribution is -0.125. The summed E-state index contributed by atoms with van der Waals surface area (Å²) in [7, 11) is -4.00. The number of aromatic nitrogens is 1. The Bertz CT molecular complexity index is 605. The third-order valence-corrected chi connectivity index (χ3v) is 5.58. The Hall–Kier alpha value is -1.51. The highest BCUT2D eigenvalue weighted by Gasteiger charge is 2.44. The molecule has 0 aliphatic carbocycles. The molecule has 0 aromatic carbocycles. The first-order valence-corrected chi connectivity index (χ1v) is 8.21. The molecule has 3 atom stereocenters. The van der Waals surface area contributed by atoms with Crippen molar-refractivity contribution >= 4 is 15.9 Å². The predicted molar refractivity (Wildman–Crippen MR) is 75.6 cm³/mol. The number of nitrogens with zero attached hydrogens (tertiary/aromatic N) is 2. The van der Waals surface area contributed by atoms with Gasteiger partial charge in [-0.3, -0.25) is 4.79 Å². The van der Waals surface area contributed by atoms with Gasteiger partial charge in [0.05, 0.1) is 6.10 Å². The Morgan fingerprint density at radius 1 is 1.43 bits per heavy atom. The molecule has 0 radical (unpaired) electrons. The van der Waals surface area contributed by atoms with Gasteiger partial charge >= 0.3 is 0 Å². The maximum atomic E-state index is 12.8. The molecule has 7 nitrogen and oxygen atoms in total. The summed E-state index contributed by atoms with van der Waals surface area (Å²) < 4.78 is 26.5. The van der Waals surface area contributed by atoms with Crippen LogP contribution in [-0.2, 0) is 14.8 Å². The monoisotopic (exact) mass is 313 g/mol. The number of hydrogen-bond donors (Lipinski definition) is 2. The highest BCUT2D eigenvalue weighted by molar-refractivity contribution is 7.89. The summed E-state index contributed by atoms with van der Waals surface area (Å²) in [5.41, 5.74) is 5.33. The number of aliphatic hydroxyl groups is 1. The van der Waals surface area contributed by atoms with Crippen molar-refractivity contribution in [3.05, 3.63) is 24.4 Å². The maximum absolute atomic E-state index is 12.8. The summed E-state index contributed by atoms with van der Waals surface area (Å²) in [6.07, 6.45) is 1.77. The van der Waals surface area contributed by atoms with Crippen molar-refractivity contribution in [1.29, 1.82) is 0 Å². The van der Waals surface area contributed by atoms with E-state index < -0.39 is 34.1 Å². The first kappa shape index (κ1) is 15.9. The van der Waals surface area contributed by atoms with E-state index in [9.17, 15) is 18.3 Å². The molecule has 21 heavy (non-hydrogen) atoms. The summed E-state index contributed by atoms with van der Waals surface area (Å²) in [6.45, 7) is 1.70. The SMILES string of the molecule is C[C@H]1CCC[C@@H](O)C(C(N)=O)N1S(=O)(=O)c1ccccn1. The second-order valence-corrected chi connectivity index (χ2v) is 6.99. The molecule has 1 aliphatic heterocycles. The van der Waals surface area contributed by atoms with Crippen LogP contribution in [0.3, 0.4) is 0 Å². The summed E-state index contributed by atoms with van der Waals surface area (Å²) in [4.78, 5) is 15.5. The lowest BCUT2D eigenvalue weighted by atomic mass is 10.1. The van der Waals surface area contributed by atoms with E-state index in [0.717, 1.165) is 4.31 Å². The zero-order valence-corrected chi connectivity index (χ0v) is 12.5. The molecule has 116 valence electrons. The largest absolute Gasteiger partial charge is 0.391 e. The fraction of sp³-hybridized carbons (Fsp3) is 0.538. The van der Waals surface area contributed by atoms with E-state index in [-0.39, 0.29) is 5.03 Å². The van der Waals surface area contributed by atoms with Crippen LogP contribution in [0.1, 0.15) is 26.2 Å². The van der Waals surface area contributed by atoms with Gasteiger partial charge in [0, 0.05) is 12.2 Å². The molecular weight excluding hydrogens is 294 g/mol. The number of amides is 1. The molecule has 0 saturated carbocycles. The minimum atomic E-state index is -4.00. The Morgan fingerprint density at radius 2 is 2.14 bits per heavy atom. The molecule has 3 N–H and O–H groups in total. The van der Waals surface area contributed by atoms with E-state index in [1.165, 1.54) is 12.3 Å². The van der Waals surface area contributed by atoms with Crippen LogP contribution >= 0.6 is 0 Å². The lowest BCUT2D eigenvalue weighted by Gasteiger charge is -2.33. The van der Waals surface area contributed by atoms with E-state index in [4.69, 9.17) is 5.73 Å². The van der Waals surface area contributed by atoms with E-state index in [1.807, 2.05) is 0 Å². The van der Waals surface area contributed by atoms with Crippen LogP contribution in [0.5, 0.6) is 0 Å². The predicted octanol–water partition coefficient (Wildman–Crippen LogP) is -0.140. The van der Waals surface area contributed by atoms with Crippen molar-refractivity contribution < 1.29 is 18.3 Å². The van der Waals surface area contributed by atoms with Crippen molar-refractivity contribution in [2.45, 2.75) is 49.4 Å². The standard InChI is InChI=1S/C13H19N3O4S/c1-9-5-4-6-10(17)12(13(14)18)16(9)21(19,20)11-7-2-3-8-15-11/h2-3,7-10,12,17H,4-6H2,1H3,(H2,14,18)/t9-,10+,12?/m0/s1. The zero-order chi connectivity index (χ0) is 15.6. The molecular formula is C13H19N3O4S. The molecule has 1 saturated heterocycles. The fourth-order valence-corrected chi connectivity index (χ4v) is 4.44. The highest BCUT2D eigenvalue weighted by atomic mass is 32.2. The zero-order valence-electron chi connectivity index (χ0n) is 11.7. The topological polar surface area (TPSA) is 114 Å². The van der Waals surface area contributed by atoms with Gasteiger partial charge in [-0.15, -0.1) is 0 Å². The Balaban J connectivity index is 2.52. The number of pyridine rings is 1. The highest BCUT2D eigenvalue weighted by Crippen LogP contribution is 2.28. The molecule has 2 heterocycles. The van der Waals surface area contributed by atoms with Gasteiger partial charge in [-0.25, -0.2) is 13.4 Å². The number of rotatable bonds is 3. The van der Waals surface area contributed by atoms with Crippen LogP contribution < -0.4 is 5.73 Å². The molecule has 1 unspecified atom stereocenters. The molecule has 0 spiro atoms. The second-order valence-electron chi connectivity index (χ2n) is 5.20. The molecule has 1 fully saturated rings. The van der Waals surface area contributed by atoms with Crippen LogP contribution in [0.2, 0.25) is 0 Å². The van der Waals surface area contributed by atoms with Crippen molar-refractivity contribution in [2.75, 3.05) is 0 Å². The van der Waals surface area contributed by atoms with E-state index in [0.29, 0.717) is 19.3 Å². The van der Waals surface area contributed by atoms with Gasteiger partial charge in [0.15, 0.2) is 5.03 Å². The van der Waals surface area contributed by atoms with Gasteiger partial charge in [0.2, 0.25) is 5.91 Å². The quantitative estimate of drug-likeness (QED) is 0.806. The lowest BCUT2D eigenvalue weighted by Crippen LogP contribution is -2.55. The summed E-state index contributed by atoms with van der Waals surface area (Å²) >= 11 is 0. The molecule has 1 amide bonds. The van der Waals surface area contributed by atoms with Crippen LogP contribution in [0.15, 0.2) is 29.4 Å². The normalized spacial score (nSPS) is 28.0. The number of nitrogens with two attached hydrogens (primary N) is 1. The van der Waals surface area contributed by atoms with Crippen molar-refractivity contribution in [1.82, 2.24) is 9.29 Å². The number of hydrogen-bond acceptors (Lipinski definition) is 5. The second kappa shape index (κ2) is 6.08. The van der Waals surface area contributed by atoms with Gasteiger partial charge in [-0.2, -0.15) is 4.31 Å². The molecule has 0 bridgehead atoms. The molecule has 1 aromatic heterocycles. The van der Waals surface area contributed by atoms with E-state index in [2.05, 4.69) is 4.98 Å². The molecule has 1 aliphatic rings. The first-order valence-electron chi connectivity index (χ1n) is 6.77. The molecule has 1 aromatic rings. The third kappa shape index (κ3) is 3.07. The number of aliphatic hydroxyl groups excluding tert-OH is 1. The Morgan fingerprint density at radius 3 is 2.71 bits per heavy atom. The summed E-state index contributed by atoms with van der Waals surface area (Å²) in [6, 6.07) is 2.81. The van der Waals surface area contributed by atoms with Gasteiger partial charge in [0.1, 0.15) is 6.04 Å². The fourth-order valence-electron chi connectivity index (χ4n) is 2.66. The van der Waals surface area contributed by atoms with Crippen LogP contribution in [0.4, 0.5) is 0 Å². The summed E-state index contributed by atoms with van der Waals surface area (Å²) in [5.74, 6) is -0.851. The van der Waals surface area contributed by atoms with Gasteiger partial charge in [0.25, 0.3) is 10.0 Å². The molecule has 2 rings (SSSR count). The number of sulfonamides is 1. The van der Waals surface area contributed by atoms with Gasteiger partial charge in [-0.1, -0.05) is 6.07 Å². The van der Waals surface area contributed by atoms with Gasteiger partial charge in [-0.05, 0) is 38.3 Å². The smallest absolute Gasteiger partial charge is 0.261 e. The number of primary amides is 1. The van der Waals surface area contributed by atoms with Crippen molar-refractivity contribution in [3.8, 4) is 0 Å². The van der Waals surface area contributed by atoms with Crippen molar-refractivity contribution in [3.63, 3.8) is 0 Å². The minimum absolute atomic E-state index is 0.155. The van der Waals surface area contributed by atoms with Gasteiger partial charge < -0.3 is 10.8 Å². The maximum Gasteiger partial charge on any atom is 0.261 e. The van der Waals surface area contributed by atoms with Crippen LogP contribution in [0, 0.1) is 0 Å². The number of carbonyl (C=O) groups excluding carboxylic acids is 1. The molecule has 8 heteroatoms. The van der Waals surface area contributed by atoms with Crippen LogP contribution in [0.25, 0.3) is 0 Å². The number of carbonyl (C=O) groups is 1. The Labute approximate surface area is 123 Å². The van der Waals surface area contributed by atoms with E-state index in [1.54, 1.807) is 19.1 Å². The average Bonchev–Trinajstić information content (AvgIpc) is 2.59. The van der Waals surface area contributed by atoms with Crippen LogP contribution in [-0.4, -0.2) is 46.9 Å². The first-order chi connectivity index (χ1) is 9.85. The summed E-state index contributed by atoms with van der Waals surface area (Å²) in [5, 5.41) is 9.94. The average molecular weight is 313 g/mol. The minimum Gasteiger partial charge on any atom is -0.391 e. The Kier molecular flexibility index (Phi) is 4.60.